The van der Waals surface area contributed by atoms with Crippen molar-refractivity contribution in [3.05, 3.63) is 88.9 Å². The van der Waals surface area contributed by atoms with Gasteiger partial charge < -0.3 is 25.6 Å². The average molecular weight is 493 g/mol. The Balaban J connectivity index is 1.28. The monoisotopic (exact) mass is 492 g/mol. The van der Waals surface area contributed by atoms with Crippen molar-refractivity contribution in [3.8, 4) is 5.75 Å². The van der Waals surface area contributed by atoms with Crippen LogP contribution in [0.2, 0.25) is 5.02 Å². The number of carbonyl (C=O) groups is 2. The molecule has 3 aromatic rings. The van der Waals surface area contributed by atoms with Gasteiger partial charge in [0.25, 0.3) is 0 Å². The molecule has 2 amide bonds. The van der Waals surface area contributed by atoms with Gasteiger partial charge in [-0.3, -0.25) is 9.59 Å². The number of hydrogen-bond donors (Lipinski definition) is 2. The minimum atomic E-state index is -0.768. The van der Waals surface area contributed by atoms with Crippen molar-refractivity contribution in [2.24, 2.45) is 5.73 Å². The smallest absolute Gasteiger partial charge is 0.244 e. The maximum Gasteiger partial charge on any atom is 0.244 e. The van der Waals surface area contributed by atoms with Crippen molar-refractivity contribution in [1.29, 1.82) is 0 Å². The Morgan fingerprint density at radius 3 is 2.26 bits per heavy atom. The molecule has 0 radical (unpaired) electrons. The van der Waals surface area contributed by atoms with E-state index in [0.29, 0.717) is 36.8 Å². The molecule has 0 saturated carbocycles. The van der Waals surface area contributed by atoms with Crippen molar-refractivity contribution in [1.82, 2.24) is 4.90 Å². The van der Waals surface area contributed by atoms with Gasteiger partial charge in [0.1, 0.15) is 11.8 Å². The molecule has 0 spiro atoms. The Bertz CT molecular complexity index is 1160. The zero-order valence-electron chi connectivity index (χ0n) is 19.6. The van der Waals surface area contributed by atoms with Crippen molar-refractivity contribution >= 4 is 34.8 Å². The first-order valence-electron chi connectivity index (χ1n) is 11.5. The van der Waals surface area contributed by atoms with E-state index in [4.69, 9.17) is 22.1 Å². The lowest BCUT2D eigenvalue weighted by Gasteiger charge is -2.37. The summed E-state index contributed by atoms with van der Waals surface area (Å²) in [6, 6.07) is 21.6. The van der Waals surface area contributed by atoms with Crippen molar-refractivity contribution in [2.75, 3.05) is 43.5 Å². The molecule has 1 heterocycles. The number of hydrogen-bond acceptors (Lipinski definition) is 5. The number of piperazine rings is 1. The molecular weight excluding hydrogens is 464 g/mol. The van der Waals surface area contributed by atoms with Crippen LogP contribution in [0.1, 0.15) is 17.2 Å². The van der Waals surface area contributed by atoms with E-state index in [1.54, 1.807) is 24.1 Å². The third-order valence-corrected chi connectivity index (χ3v) is 6.48. The molecule has 0 aliphatic carbocycles. The second-order valence-corrected chi connectivity index (χ2v) is 8.84. The molecule has 1 aliphatic heterocycles. The first-order chi connectivity index (χ1) is 16.9. The number of anilines is 2. The predicted octanol–water partition coefficient (Wildman–Crippen LogP) is 3.88. The van der Waals surface area contributed by atoms with Crippen LogP contribution in [0.5, 0.6) is 5.75 Å². The Labute approximate surface area is 210 Å². The summed E-state index contributed by atoms with van der Waals surface area (Å²) >= 11 is 6.21. The minimum Gasteiger partial charge on any atom is -0.497 e. The topological polar surface area (TPSA) is 87.9 Å². The zero-order valence-corrected chi connectivity index (χ0v) is 20.4. The molecule has 1 unspecified atom stereocenters. The van der Waals surface area contributed by atoms with Gasteiger partial charge in [-0.05, 0) is 53.6 Å². The van der Waals surface area contributed by atoms with Crippen molar-refractivity contribution in [3.63, 3.8) is 0 Å². The molecule has 4 rings (SSSR count). The molecule has 7 nitrogen and oxygen atoms in total. The molecule has 1 atom stereocenters. The van der Waals surface area contributed by atoms with Gasteiger partial charge in [0.05, 0.1) is 13.5 Å². The van der Waals surface area contributed by atoms with Crippen LogP contribution in [-0.2, 0) is 16.0 Å². The van der Waals surface area contributed by atoms with Crippen LogP contribution in [-0.4, -0.2) is 50.0 Å². The average Bonchev–Trinajstić information content (AvgIpc) is 2.89. The summed E-state index contributed by atoms with van der Waals surface area (Å²) < 4.78 is 5.15. The highest BCUT2D eigenvalue weighted by Crippen LogP contribution is 2.24. The van der Waals surface area contributed by atoms with Crippen LogP contribution in [0.25, 0.3) is 0 Å². The summed E-state index contributed by atoms with van der Waals surface area (Å²) in [7, 11) is 1.61. The molecule has 0 bridgehead atoms. The summed E-state index contributed by atoms with van der Waals surface area (Å²) in [6.45, 7) is 2.56. The Hall–Kier alpha value is -3.55. The number of nitrogens with one attached hydrogen (secondary N) is 1. The van der Waals surface area contributed by atoms with Gasteiger partial charge in [0.15, 0.2) is 0 Å². The van der Waals surface area contributed by atoms with Gasteiger partial charge in [-0.15, -0.1) is 0 Å². The highest BCUT2D eigenvalue weighted by molar-refractivity contribution is 6.31. The fourth-order valence-electron chi connectivity index (χ4n) is 4.13. The van der Waals surface area contributed by atoms with E-state index in [1.807, 2.05) is 60.7 Å². The van der Waals surface area contributed by atoms with E-state index < -0.39 is 6.04 Å². The van der Waals surface area contributed by atoms with E-state index in [2.05, 4.69) is 10.2 Å². The number of ether oxygens (including phenoxy) is 1. The van der Waals surface area contributed by atoms with Crippen LogP contribution < -0.4 is 20.7 Å². The molecule has 182 valence electrons. The third kappa shape index (κ3) is 6.12. The summed E-state index contributed by atoms with van der Waals surface area (Å²) in [5, 5.41) is 3.44. The van der Waals surface area contributed by atoms with Crippen LogP contribution >= 0.6 is 11.6 Å². The lowest BCUT2D eigenvalue weighted by Crippen LogP contribution is -2.51. The van der Waals surface area contributed by atoms with E-state index in [-0.39, 0.29) is 18.2 Å². The molecule has 8 heteroatoms. The van der Waals surface area contributed by atoms with Gasteiger partial charge in [-0.1, -0.05) is 41.9 Å². The minimum absolute atomic E-state index is 0.0788. The maximum absolute atomic E-state index is 12.9. The lowest BCUT2D eigenvalue weighted by molar-refractivity contribution is -0.133. The van der Waals surface area contributed by atoms with Gasteiger partial charge in [-0.25, -0.2) is 0 Å². The van der Waals surface area contributed by atoms with Gasteiger partial charge in [0.2, 0.25) is 11.8 Å². The first-order valence-corrected chi connectivity index (χ1v) is 11.9. The van der Waals surface area contributed by atoms with Crippen molar-refractivity contribution in [2.45, 2.75) is 12.5 Å². The van der Waals surface area contributed by atoms with Crippen molar-refractivity contribution < 1.29 is 14.3 Å². The number of methoxy groups -OCH3 is 1. The number of amides is 2. The Morgan fingerprint density at radius 1 is 0.971 bits per heavy atom. The van der Waals surface area contributed by atoms with Crippen LogP contribution in [0.3, 0.4) is 0 Å². The van der Waals surface area contributed by atoms with E-state index in [1.165, 1.54) is 0 Å². The van der Waals surface area contributed by atoms with Gasteiger partial charge >= 0.3 is 0 Å². The highest BCUT2D eigenvalue weighted by atomic mass is 35.5. The van der Waals surface area contributed by atoms with Crippen LogP contribution in [0.15, 0.2) is 72.8 Å². The van der Waals surface area contributed by atoms with Crippen LogP contribution in [0, 0.1) is 0 Å². The van der Waals surface area contributed by atoms with E-state index in [0.717, 1.165) is 22.7 Å². The largest absolute Gasteiger partial charge is 0.497 e. The SMILES string of the molecule is COc1ccc(CC(=O)Nc2ccc(N3CCN(C(=O)C(N)c4ccccc4Cl)CC3)cc2)cc1. The number of halogens is 1. The van der Waals surface area contributed by atoms with E-state index in [9.17, 15) is 9.59 Å². The fraction of sp³-hybridized carbons (Fsp3) is 0.259. The number of nitrogens with two attached hydrogens (primary N) is 1. The third-order valence-electron chi connectivity index (χ3n) is 6.14. The summed E-state index contributed by atoms with van der Waals surface area (Å²) in [6.07, 6.45) is 0.290. The molecule has 1 saturated heterocycles. The molecule has 1 fully saturated rings. The highest BCUT2D eigenvalue weighted by Gasteiger charge is 2.27. The first kappa shape index (κ1) is 24.6. The molecule has 3 N–H and O–H groups in total. The Kier molecular flexibility index (Phi) is 7.90. The predicted molar refractivity (Wildman–Crippen MR) is 139 cm³/mol. The molecule has 1 aliphatic rings. The number of carbonyl (C=O) groups excluding carboxylic acids is 2. The lowest BCUT2D eigenvalue weighted by atomic mass is 10.1. The second-order valence-electron chi connectivity index (χ2n) is 8.43. The molecule has 35 heavy (non-hydrogen) atoms. The van der Waals surface area contributed by atoms with Gasteiger partial charge in [0, 0.05) is 42.6 Å². The van der Waals surface area contributed by atoms with Gasteiger partial charge in [-0.2, -0.15) is 0 Å². The molecular formula is C27H29ClN4O3. The second kappa shape index (κ2) is 11.3. The summed E-state index contributed by atoms with van der Waals surface area (Å²) in [5.74, 6) is 0.566. The molecule has 0 aromatic heterocycles. The number of nitrogens with zero attached hydrogens (tertiary/aromatic N) is 2. The number of rotatable bonds is 7. The summed E-state index contributed by atoms with van der Waals surface area (Å²) in [4.78, 5) is 29.3. The standard InChI is InChI=1S/C27H29ClN4O3/c1-35-22-12-6-19(7-13-22)18-25(33)30-20-8-10-21(11-9-20)31-14-16-32(17-15-31)27(34)26(29)23-4-2-3-5-24(23)28/h2-13,26H,14-18,29H2,1H3,(H,30,33). The Morgan fingerprint density at radius 2 is 1.63 bits per heavy atom. The normalized spacial score (nSPS) is 14.4. The van der Waals surface area contributed by atoms with Crippen LogP contribution in [0.4, 0.5) is 11.4 Å². The van der Waals surface area contributed by atoms with E-state index >= 15 is 0 Å². The zero-order chi connectivity index (χ0) is 24.8. The maximum atomic E-state index is 12.9. The quantitative estimate of drug-likeness (QED) is 0.522. The summed E-state index contributed by atoms with van der Waals surface area (Å²) in [5.41, 5.74) is 9.55. The molecule has 3 aromatic carbocycles. The fourth-order valence-corrected chi connectivity index (χ4v) is 4.38. The number of benzene rings is 3.